The van der Waals surface area contributed by atoms with Crippen molar-refractivity contribution < 1.29 is 4.79 Å². The summed E-state index contributed by atoms with van der Waals surface area (Å²) < 4.78 is 0. The van der Waals surface area contributed by atoms with E-state index in [9.17, 15) is 4.79 Å². The molecule has 1 N–H and O–H groups in total. The monoisotopic (exact) mass is 307 g/mol. The van der Waals surface area contributed by atoms with E-state index in [1.807, 2.05) is 0 Å². The van der Waals surface area contributed by atoms with Crippen LogP contribution in [0.3, 0.4) is 0 Å². The van der Waals surface area contributed by atoms with E-state index in [2.05, 4.69) is 44.9 Å². The third-order valence-electron chi connectivity index (χ3n) is 3.65. The lowest BCUT2D eigenvalue weighted by Crippen LogP contribution is -2.23. The predicted octanol–water partition coefficient (Wildman–Crippen LogP) is 5.32. The van der Waals surface area contributed by atoms with Gasteiger partial charge >= 0.3 is 0 Å². The third-order valence-corrected chi connectivity index (χ3v) is 3.65. The van der Waals surface area contributed by atoms with Gasteiger partial charge in [0.1, 0.15) is 0 Å². The number of carbonyl (C=O) groups is 1. The zero-order valence-corrected chi connectivity index (χ0v) is 15.3. The Morgan fingerprint density at radius 1 is 0.909 bits per heavy atom. The van der Waals surface area contributed by atoms with Crippen LogP contribution in [-0.4, -0.2) is 12.5 Å². The summed E-state index contributed by atoms with van der Waals surface area (Å²) in [4.78, 5) is 11.6. The largest absolute Gasteiger partial charge is 0.355 e. The van der Waals surface area contributed by atoms with E-state index in [1.54, 1.807) is 0 Å². The molecule has 0 aromatic carbocycles. The molecule has 0 bridgehead atoms. The summed E-state index contributed by atoms with van der Waals surface area (Å²) in [6.45, 7) is 9.43. The molecule has 0 spiro atoms. The van der Waals surface area contributed by atoms with Gasteiger partial charge in [0, 0.05) is 25.3 Å². The Balaban J connectivity index is 3.27. The molecule has 22 heavy (non-hydrogen) atoms. The zero-order chi connectivity index (χ0) is 16.6. The first-order chi connectivity index (χ1) is 10.5. The number of nitrogens with one attached hydrogen (secondary N) is 1. The second-order valence-corrected chi connectivity index (χ2v) is 6.98. The predicted molar refractivity (Wildman–Crippen MR) is 96.6 cm³/mol. The van der Waals surface area contributed by atoms with E-state index in [0.29, 0.717) is 18.9 Å². The third kappa shape index (κ3) is 17.1. The van der Waals surface area contributed by atoms with Gasteiger partial charge in [-0.05, 0) is 12.3 Å². The number of rotatable bonds is 12. The second-order valence-electron chi connectivity index (χ2n) is 6.98. The quantitative estimate of drug-likeness (QED) is 0.384. The van der Waals surface area contributed by atoms with Crippen molar-refractivity contribution in [3.05, 3.63) is 0 Å². The first-order valence-electron chi connectivity index (χ1n) is 9.27. The number of amides is 1. The summed E-state index contributed by atoms with van der Waals surface area (Å²) in [5, 5.41) is 2.94. The summed E-state index contributed by atoms with van der Waals surface area (Å²) in [6.07, 6.45) is 11.7. The summed E-state index contributed by atoms with van der Waals surface area (Å²) in [6, 6.07) is 0. The molecule has 2 heteroatoms. The number of hydrogen-bond donors (Lipinski definition) is 1. The van der Waals surface area contributed by atoms with Crippen molar-refractivity contribution in [1.29, 1.82) is 0 Å². The molecule has 0 unspecified atom stereocenters. The smallest absolute Gasteiger partial charge is 0.220 e. The number of unbranched alkanes of at least 4 members (excludes halogenated alkanes) is 6. The topological polar surface area (TPSA) is 29.1 Å². The van der Waals surface area contributed by atoms with Gasteiger partial charge in [-0.3, -0.25) is 4.79 Å². The fourth-order valence-electron chi connectivity index (χ4n) is 2.35. The molecule has 0 heterocycles. The Labute approximate surface area is 138 Å². The Hall–Kier alpha value is -0.970. The van der Waals surface area contributed by atoms with Crippen LogP contribution in [0.15, 0.2) is 0 Å². The lowest BCUT2D eigenvalue weighted by Gasteiger charge is -2.05. The highest BCUT2D eigenvalue weighted by Crippen LogP contribution is 2.12. The molecule has 2 nitrogen and oxygen atoms in total. The van der Waals surface area contributed by atoms with E-state index < -0.39 is 0 Å². The molecule has 0 aliphatic carbocycles. The van der Waals surface area contributed by atoms with Crippen molar-refractivity contribution in [3.63, 3.8) is 0 Å². The van der Waals surface area contributed by atoms with Crippen molar-refractivity contribution in [2.75, 3.05) is 6.54 Å². The average Bonchev–Trinajstić information content (AvgIpc) is 2.44. The minimum Gasteiger partial charge on any atom is -0.355 e. The van der Waals surface area contributed by atoms with Crippen LogP contribution in [0.4, 0.5) is 0 Å². The van der Waals surface area contributed by atoms with Crippen molar-refractivity contribution in [1.82, 2.24) is 5.32 Å². The van der Waals surface area contributed by atoms with Crippen LogP contribution in [0.25, 0.3) is 0 Å². The summed E-state index contributed by atoms with van der Waals surface area (Å²) in [5.74, 6) is 7.63. The van der Waals surface area contributed by atoms with Gasteiger partial charge in [-0.1, -0.05) is 72.6 Å². The van der Waals surface area contributed by atoms with E-state index in [-0.39, 0.29) is 5.91 Å². The maximum Gasteiger partial charge on any atom is 0.220 e. The van der Waals surface area contributed by atoms with Gasteiger partial charge in [0.05, 0.1) is 0 Å². The maximum absolute atomic E-state index is 11.6. The first-order valence-corrected chi connectivity index (χ1v) is 9.27. The second kappa shape index (κ2) is 14.9. The minimum atomic E-state index is 0.184. The van der Waals surface area contributed by atoms with Crippen LogP contribution in [0.5, 0.6) is 0 Å². The molecule has 0 atom stereocenters. The van der Waals surface area contributed by atoms with Crippen LogP contribution < -0.4 is 5.32 Å². The van der Waals surface area contributed by atoms with Crippen molar-refractivity contribution in [3.8, 4) is 11.8 Å². The normalized spacial score (nSPS) is 10.6. The molecule has 0 aliphatic heterocycles. The zero-order valence-electron chi connectivity index (χ0n) is 15.3. The maximum atomic E-state index is 11.6. The highest BCUT2D eigenvalue weighted by molar-refractivity contribution is 5.75. The first kappa shape index (κ1) is 21.0. The molecule has 0 radical (unpaired) electrons. The molecular formula is C20H37NO. The van der Waals surface area contributed by atoms with Crippen LogP contribution >= 0.6 is 0 Å². The standard InChI is InChI=1S/C20H37NO/c1-18(2)14-10-8-6-5-7-9-11-16-20(22)21-17-13-12-15-19(3)4/h18-19H,5-11,13-14,16-17H2,1-4H3,(H,21,22). The van der Waals surface area contributed by atoms with E-state index >= 15 is 0 Å². The summed E-state index contributed by atoms with van der Waals surface area (Å²) in [5.41, 5.74) is 0. The highest BCUT2D eigenvalue weighted by Gasteiger charge is 2.00. The van der Waals surface area contributed by atoms with Gasteiger partial charge in [0.2, 0.25) is 5.91 Å². The van der Waals surface area contributed by atoms with Crippen LogP contribution in [0, 0.1) is 23.7 Å². The molecule has 0 aromatic rings. The molecule has 0 saturated carbocycles. The van der Waals surface area contributed by atoms with Crippen molar-refractivity contribution in [2.45, 2.75) is 91.9 Å². The lowest BCUT2D eigenvalue weighted by molar-refractivity contribution is -0.121. The van der Waals surface area contributed by atoms with Gasteiger partial charge < -0.3 is 5.32 Å². The van der Waals surface area contributed by atoms with Crippen LogP contribution in [-0.2, 0) is 4.79 Å². The van der Waals surface area contributed by atoms with Crippen molar-refractivity contribution >= 4 is 5.91 Å². The molecule has 128 valence electrons. The molecule has 0 aliphatic rings. The molecule has 0 aromatic heterocycles. The molecule has 0 fully saturated rings. The molecular weight excluding hydrogens is 270 g/mol. The summed E-state index contributed by atoms with van der Waals surface area (Å²) >= 11 is 0. The van der Waals surface area contributed by atoms with E-state index in [0.717, 1.165) is 18.8 Å². The molecule has 1 amide bonds. The highest BCUT2D eigenvalue weighted by atomic mass is 16.1. The Kier molecular flexibility index (Phi) is 14.3. The van der Waals surface area contributed by atoms with Gasteiger partial charge in [-0.25, -0.2) is 0 Å². The number of hydrogen-bond acceptors (Lipinski definition) is 1. The fraction of sp³-hybridized carbons (Fsp3) is 0.850. The lowest BCUT2D eigenvalue weighted by atomic mass is 10.0. The summed E-state index contributed by atoms with van der Waals surface area (Å²) in [7, 11) is 0. The van der Waals surface area contributed by atoms with Gasteiger partial charge in [-0.15, -0.1) is 11.8 Å². The Bertz CT molecular complexity index is 322. The SMILES string of the molecule is CC(C)C#CCCNC(=O)CCCCCCCCCC(C)C. The molecule has 0 saturated heterocycles. The minimum absolute atomic E-state index is 0.184. The van der Waals surface area contributed by atoms with Gasteiger partial charge in [0.25, 0.3) is 0 Å². The van der Waals surface area contributed by atoms with Gasteiger partial charge in [-0.2, -0.15) is 0 Å². The van der Waals surface area contributed by atoms with Gasteiger partial charge in [0.15, 0.2) is 0 Å². The molecule has 0 rings (SSSR count). The van der Waals surface area contributed by atoms with Crippen LogP contribution in [0.2, 0.25) is 0 Å². The van der Waals surface area contributed by atoms with Crippen molar-refractivity contribution in [2.24, 2.45) is 11.8 Å². The van der Waals surface area contributed by atoms with Crippen LogP contribution in [0.1, 0.15) is 91.9 Å². The number of carbonyl (C=O) groups excluding carboxylic acids is 1. The fourth-order valence-corrected chi connectivity index (χ4v) is 2.35. The van der Waals surface area contributed by atoms with E-state index in [4.69, 9.17) is 0 Å². The van der Waals surface area contributed by atoms with E-state index in [1.165, 1.54) is 44.9 Å². The Morgan fingerprint density at radius 3 is 2.09 bits per heavy atom. The Morgan fingerprint density at radius 2 is 1.50 bits per heavy atom. The average molecular weight is 308 g/mol.